The van der Waals surface area contributed by atoms with E-state index in [1.165, 1.54) is 10.4 Å². The van der Waals surface area contributed by atoms with E-state index >= 15 is 0 Å². The maximum Gasteiger partial charge on any atom is 0.184 e. The number of rotatable bonds is 4. The molecule has 0 aliphatic heterocycles. The molecule has 1 N–H and O–H groups in total. The van der Waals surface area contributed by atoms with Crippen LogP contribution in [0.15, 0.2) is 24.3 Å². The average molecular weight is 337 g/mol. The van der Waals surface area contributed by atoms with E-state index in [1.807, 2.05) is 22.7 Å². The van der Waals surface area contributed by atoms with Gasteiger partial charge in [0, 0.05) is 17.7 Å². The maximum atomic E-state index is 4.67. The lowest BCUT2D eigenvalue weighted by atomic mass is 10.1. The molecule has 0 radical (unpaired) electrons. The van der Waals surface area contributed by atoms with E-state index in [0.717, 1.165) is 34.0 Å². The van der Waals surface area contributed by atoms with Gasteiger partial charge in [-0.25, -0.2) is 9.50 Å². The minimum atomic E-state index is 0.381. The van der Waals surface area contributed by atoms with Crippen molar-refractivity contribution in [2.24, 2.45) is 0 Å². The highest BCUT2D eigenvalue weighted by atomic mass is 32.1. The predicted octanol–water partition coefficient (Wildman–Crippen LogP) is 4.52. The molecule has 3 heterocycles. The quantitative estimate of drug-likeness (QED) is 0.595. The van der Waals surface area contributed by atoms with Crippen molar-refractivity contribution in [2.45, 2.75) is 33.1 Å². The number of hydrogen-bond acceptors (Lipinski definition) is 4. The van der Waals surface area contributed by atoms with E-state index in [0.29, 0.717) is 5.92 Å². The number of aromatic nitrogens is 5. The summed E-state index contributed by atoms with van der Waals surface area (Å²) in [4.78, 5) is 4.67. The molecule has 0 saturated carbocycles. The van der Waals surface area contributed by atoms with Crippen molar-refractivity contribution in [3.63, 3.8) is 0 Å². The van der Waals surface area contributed by atoms with Crippen LogP contribution in [0.3, 0.4) is 0 Å². The number of aromatic amines is 1. The highest BCUT2D eigenvalue weighted by Gasteiger charge is 2.16. The summed E-state index contributed by atoms with van der Waals surface area (Å²) in [6, 6.07) is 8.21. The van der Waals surface area contributed by atoms with Crippen LogP contribution in [0, 0.1) is 0 Å². The lowest BCUT2D eigenvalue weighted by Crippen LogP contribution is -1.96. The number of thiazole rings is 1. The zero-order valence-corrected chi connectivity index (χ0v) is 14.8. The zero-order valence-electron chi connectivity index (χ0n) is 13.9. The number of nitrogens with one attached hydrogen (secondary N) is 1. The van der Waals surface area contributed by atoms with Crippen molar-refractivity contribution >= 4 is 39.4 Å². The van der Waals surface area contributed by atoms with Gasteiger partial charge in [-0.05, 0) is 30.2 Å². The minimum absolute atomic E-state index is 0.381. The zero-order chi connectivity index (χ0) is 16.7. The fraction of sp³-hybridized carbons (Fsp3) is 0.278. The molecule has 1 aromatic carbocycles. The summed E-state index contributed by atoms with van der Waals surface area (Å²) in [6.45, 7) is 6.45. The Balaban J connectivity index is 1.80. The normalized spacial score (nSPS) is 12.3. The second-order valence-corrected chi connectivity index (χ2v) is 7.14. The van der Waals surface area contributed by atoms with E-state index in [-0.39, 0.29) is 0 Å². The summed E-state index contributed by atoms with van der Waals surface area (Å²) in [5.41, 5.74) is 4.19. The Bertz CT molecular complexity index is 1000. The second-order valence-electron chi connectivity index (χ2n) is 6.08. The van der Waals surface area contributed by atoms with Crippen molar-refractivity contribution in [1.29, 1.82) is 0 Å². The number of aryl methyl sites for hydroxylation is 1. The van der Waals surface area contributed by atoms with E-state index in [9.17, 15) is 0 Å². The lowest BCUT2D eigenvalue weighted by molar-refractivity contribution is 0.758. The fourth-order valence-corrected chi connectivity index (χ4v) is 3.73. The standard InChI is InChI=1S/C18H19N5S/c1-4-15-20-21-18-12(17(11(2)3)22-23(15)18)9-10-16-19-13-7-5-6-8-14(13)24-16/h5-11,22H,4H2,1-3H3/b10-9+. The van der Waals surface area contributed by atoms with E-state index in [4.69, 9.17) is 0 Å². The molecule has 3 aromatic heterocycles. The Kier molecular flexibility index (Phi) is 3.69. The molecule has 122 valence electrons. The molecule has 24 heavy (non-hydrogen) atoms. The van der Waals surface area contributed by atoms with Gasteiger partial charge in [-0.3, -0.25) is 5.10 Å². The minimum Gasteiger partial charge on any atom is -0.294 e. The number of hydrogen-bond donors (Lipinski definition) is 1. The van der Waals surface area contributed by atoms with Gasteiger partial charge < -0.3 is 0 Å². The van der Waals surface area contributed by atoms with Crippen LogP contribution in [-0.2, 0) is 6.42 Å². The Morgan fingerprint density at radius 1 is 1.21 bits per heavy atom. The molecular weight excluding hydrogens is 318 g/mol. The van der Waals surface area contributed by atoms with Gasteiger partial charge in [0.2, 0.25) is 0 Å². The number of benzene rings is 1. The van der Waals surface area contributed by atoms with Crippen molar-refractivity contribution in [3.05, 3.63) is 46.4 Å². The van der Waals surface area contributed by atoms with Gasteiger partial charge in [0.05, 0.1) is 10.2 Å². The van der Waals surface area contributed by atoms with Crippen molar-refractivity contribution < 1.29 is 0 Å². The summed E-state index contributed by atoms with van der Waals surface area (Å²) in [6.07, 6.45) is 5.02. The molecule has 0 spiro atoms. The molecule has 4 rings (SSSR count). The Morgan fingerprint density at radius 3 is 2.79 bits per heavy atom. The largest absolute Gasteiger partial charge is 0.294 e. The van der Waals surface area contributed by atoms with Gasteiger partial charge in [-0.2, -0.15) is 0 Å². The van der Waals surface area contributed by atoms with Crippen LogP contribution in [-0.4, -0.2) is 24.8 Å². The smallest absolute Gasteiger partial charge is 0.184 e. The first-order valence-electron chi connectivity index (χ1n) is 8.17. The van der Waals surface area contributed by atoms with E-state index in [2.05, 4.69) is 59.3 Å². The molecule has 0 bridgehead atoms. The number of fused-ring (bicyclic) bond motifs is 2. The van der Waals surface area contributed by atoms with Crippen LogP contribution in [0.25, 0.3) is 28.0 Å². The molecule has 0 unspecified atom stereocenters. The first kappa shape index (κ1) is 15.1. The third-order valence-corrected chi connectivity index (χ3v) is 5.09. The molecule has 5 nitrogen and oxygen atoms in total. The molecule has 0 saturated heterocycles. The van der Waals surface area contributed by atoms with Crippen molar-refractivity contribution in [2.75, 3.05) is 0 Å². The SMILES string of the molecule is CCc1nnc2c(/C=C/c3nc4ccccc4s3)c(C(C)C)[nH]n12. The van der Waals surface area contributed by atoms with Gasteiger partial charge >= 0.3 is 0 Å². The summed E-state index contributed by atoms with van der Waals surface area (Å²) in [5.74, 6) is 1.33. The maximum absolute atomic E-state index is 4.67. The number of H-pyrrole nitrogens is 1. The monoisotopic (exact) mass is 337 g/mol. The van der Waals surface area contributed by atoms with E-state index < -0.39 is 0 Å². The third-order valence-electron chi connectivity index (χ3n) is 4.09. The second kappa shape index (κ2) is 5.87. The molecule has 4 aromatic rings. The van der Waals surface area contributed by atoms with Crippen molar-refractivity contribution in [1.82, 2.24) is 24.8 Å². The van der Waals surface area contributed by atoms with Crippen LogP contribution in [0.4, 0.5) is 0 Å². The Hall–Kier alpha value is -2.47. The first-order chi connectivity index (χ1) is 11.7. The van der Waals surface area contributed by atoms with Gasteiger partial charge in [0.25, 0.3) is 0 Å². The van der Waals surface area contributed by atoms with Crippen LogP contribution in [0.5, 0.6) is 0 Å². The van der Waals surface area contributed by atoms with Crippen LogP contribution in [0.1, 0.15) is 48.8 Å². The Labute approximate surface area is 144 Å². The summed E-state index contributed by atoms with van der Waals surface area (Å²) in [7, 11) is 0. The molecular formula is C18H19N5S. The van der Waals surface area contributed by atoms with Crippen LogP contribution in [0.2, 0.25) is 0 Å². The van der Waals surface area contributed by atoms with Crippen molar-refractivity contribution in [3.8, 4) is 0 Å². The molecule has 0 amide bonds. The summed E-state index contributed by atoms with van der Waals surface area (Å²) < 4.78 is 3.20. The van der Waals surface area contributed by atoms with Crippen LogP contribution >= 0.6 is 11.3 Å². The summed E-state index contributed by atoms with van der Waals surface area (Å²) >= 11 is 1.70. The molecule has 6 heteroatoms. The van der Waals surface area contributed by atoms with Gasteiger partial charge in [0.1, 0.15) is 5.01 Å². The number of para-hydroxylation sites is 1. The van der Waals surface area contributed by atoms with Gasteiger partial charge in [0.15, 0.2) is 11.5 Å². The molecule has 0 aliphatic rings. The van der Waals surface area contributed by atoms with Gasteiger partial charge in [-0.15, -0.1) is 21.5 Å². The van der Waals surface area contributed by atoms with Gasteiger partial charge in [-0.1, -0.05) is 32.9 Å². The molecule has 0 aliphatic carbocycles. The van der Waals surface area contributed by atoms with Crippen LogP contribution < -0.4 is 0 Å². The lowest BCUT2D eigenvalue weighted by Gasteiger charge is -2.02. The van der Waals surface area contributed by atoms with E-state index in [1.54, 1.807) is 11.3 Å². The molecule has 0 fully saturated rings. The Morgan fingerprint density at radius 2 is 2.04 bits per heavy atom. The third kappa shape index (κ3) is 2.43. The average Bonchev–Trinajstić information content (AvgIpc) is 3.25. The first-order valence-corrected chi connectivity index (χ1v) is 8.98. The predicted molar refractivity (Wildman–Crippen MR) is 99.4 cm³/mol. The number of nitrogens with zero attached hydrogens (tertiary/aromatic N) is 4. The summed E-state index contributed by atoms with van der Waals surface area (Å²) in [5, 5.41) is 13.1. The fourth-order valence-electron chi connectivity index (χ4n) is 2.86. The highest BCUT2D eigenvalue weighted by Crippen LogP contribution is 2.27. The highest BCUT2D eigenvalue weighted by molar-refractivity contribution is 7.19. The topological polar surface area (TPSA) is 58.9 Å². The molecule has 0 atom stereocenters.